The van der Waals surface area contributed by atoms with Gasteiger partial charge in [0.2, 0.25) is 0 Å². The van der Waals surface area contributed by atoms with Crippen molar-refractivity contribution >= 4 is 28.9 Å². The van der Waals surface area contributed by atoms with Gasteiger partial charge in [0, 0.05) is 3.57 Å². The molecule has 0 fully saturated rings. The standard InChI is InChI=1S/C8H7IO2/c1-11-8-4-2-3-7(9)6(8)5-10/h2-5H,1H3. The maximum Gasteiger partial charge on any atom is 0.154 e. The average molecular weight is 262 g/mol. The van der Waals surface area contributed by atoms with Crippen LogP contribution in [0.5, 0.6) is 5.75 Å². The molecule has 0 spiro atoms. The number of hydrogen-bond donors (Lipinski definition) is 0. The van der Waals surface area contributed by atoms with Crippen LogP contribution in [0.2, 0.25) is 0 Å². The van der Waals surface area contributed by atoms with Crippen molar-refractivity contribution in [2.75, 3.05) is 7.11 Å². The van der Waals surface area contributed by atoms with Gasteiger partial charge in [-0.15, -0.1) is 0 Å². The summed E-state index contributed by atoms with van der Waals surface area (Å²) in [6.45, 7) is 0. The van der Waals surface area contributed by atoms with Crippen LogP contribution < -0.4 is 4.74 Å². The van der Waals surface area contributed by atoms with E-state index in [9.17, 15) is 4.79 Å². The van der Waals surface area contributed by atoms with E-state index in [0.29, 0.717) is 11.3 Å². The van der Waals surface area contributed by atoms with Gasteiger partial charge < -0.3 is 4.74 Å². The highest BCUT2D eigenvalue weighted by Gasteiger charge is 2.03. The number of halogens is 1. The number of rotatable bonds is 2. The summed E-state index contributed by atoms with van der Waals surface area (Å²) in [5.41, 5.74) is 0.621. The highest BCUT2D eigenvalue weighted by molar-refractivity contribution is 14.1. The van der Waals surface area contributed by atoms with Gasteiger partial charge in [-0.3, -0.25) is 4.79 Å². The second-order valence-electron chi connectivity index (χ2n) is 1.97. The van der Waals surface area contributed by atoms with E-state index < -0.39 is 0 Å². The second kappa shape index (κ2) is 3.71. The van der Waals surface area contributed by atoms with Crippen molar-refractivity contribution in [2.45, 2.75) is 0 Å². The van der Waals surface area contributed by atoms with Crippen LogP contribution in [0, 0.1) is 3.57 Å². The zero-order valence-electron chi connectivity index (χ0n) is 6.00. The Morgan fingerprint density at radius 2 is 2.27 bits per heavy atom. The Morgan fingerprint density at radius 1 is 1.55 bits per heavy atom. The Kier molecular flexibility index (Phi) is 2.87. The molecule has 3 heteroatoms. The lowest BCUT2D eigenvalue weighted by atomic mass is 10.2. The van der Waals surface area contributed by atoms with Crippen LogP contribution >= 0.6 is 22.6 Å². The third kappa shape index (κ3) is 1.71. The number of carbonyl (C=O) groups is 1. The smallest absolute Gasteiger partial charge is 0.154 e. The summed E-state index contributed by atoms with van der Waals surface area (Å²) in [6, 6.07) is 5.49. The maximum absolute atomic E-state index is 10.5. The molecule has 0 aliphatic heterocycles. The molecule has 0 aliphatic carbocycles. The molecule has 2 nitrogen and oxygen atoms in total. The van der Waals surface area contributed by atoms with Gasteiger partial charge in [0.15, 0.2) is 6.29 Å². The monoisotopic (exact) mass is 262 g/mol. The van der Waals surface area contributed by atoms with Crippen LogP contribution in [-0.2, 0) is 0 Å². The molecule has 0 amide bonds. The highest BCUT2D eigenvalue weighted by Crippen LogP contribution is 2.20. The number of aldehydes is 1. The molecule has 0 atom stereocenters. The first-order valence-electron chi connectivity index (χ1n) is 3.07. The Morgan fingerprint density at radius 3 is 2.73 bits per heavy atom. The van der Waals surface area contributed by atoms with Gasteiger partial charge in [0.1, 0.15) is 5.75 Å². The van der Waals surface area contributed by atoms with Crippen molar-refractivity contribution in [3.8, 4) is 5.75 Å². The van der Waals surface area contributed by atoms with Crippen LogP contribution in [0.15, 0.2) is 18.2 Å². The number of hydrogen-bond acceptors (Lipinski definition) is 2. The minimum atomic E-state index is 0.621. The van der Waals surface area contributed by atoms with Crippen molar-refractivity contribution in [3.05, 3.63) is 27.3 Å². The SMILES string of the molecule is COc1cccc(I)c1C=O. The first-order chi connectivity index (χ1) is 5.29. The lowest BCUT2D eigenvalue weighted by molar-refractivity contribution is 0.112. The van der Waals surface area contributed by atoms with E-state index >= 15 is 0 Å². The third-order valence-electron chi connectivity index (χ3n) is 1.35. The molecule has 11 heavy (non-hydrogen) atoms. The first kappa shape index (κ1) is 8.52. The number of benzene rings is 1. The Labute approximate surface area is 78.7 Å². The summed E-state index contributed by atoms with van der Waals surface area (Å²) in [6.07, 6.45) is 0.806. The zero-order chi connectivity index (χ0) is 8.27. The van der Waals surface area contributed by atoms with E-state index in [2.05, 4.69) is 22.6 Å². The molecule has 1 aromatic carbocycles. The highest BCUT2D eigenvalue weighted by atomic mass is 127. The van der Waals surface area contributed by atoms with Crippen LogP contribution in [0.1, 0.15) is 10.4 Å². The Hall–Kier alpha value is -0.580. The lowest BCUT2D eigenvalue weighted by Crippen LogP contribution is -1.92. The minimum absolute atomic E-state index is 0.621. The predicted octanol–water partition coefficient (Wildman–Crippen LogP) is 2.11. The molecule has 0 aromatic heterocycles. The van der Waals surface area contributed by atoms with E-state index in [-0.39, 0.29) is 0 Å². The van der Waals surface area contributed by atoms with Gasteiger partial charge in [-0.25, -0.2) is 0 Å². The predicted molar refractivity (Wildman–Crippen MR) is 51.1 cm³/mol. The number of ether oxygens (including phenoxy) is 1. The quantitative estimate of drug-likeness (QED) is 0.602. The molecule has 1 rings (SSSR count). The minimum Gasteiger partial charge on any atom is -0.496 e. The molecule has 0 saturated carbocycles. The lowest BCUT2D eigenvalue weighted by Gasteiger charge is -2.03. The topological polar surface area (TPSA) is 26.3 Å². The van der Waals surface area contributed by atoms with Gasteiger partial charge in [-0.05, 0) is 34.7 Å². The molecular formula is C8H7IO2. The van der Waals surface area contributed by atoms with E-state index in [4.69, 9.17) is 4.74 Å². The Bertz CT molecular complexity index is 271. The molecule has 58 valence electrons. The summed E-state index contributed by atoms with van der Waals surface area (Å²) in [7, 11) is 1.55. The Balaban J connectivity index is 3.24. The summed E-state index contributed by atoms with van der Waals surface area (Å²) in [5, 5.41) is 0. The number of methoxy groups -OCH3 is 1. The van der Waals surface area contributed by atoms with Crippen LogP contribution in [-0.4, -0.2) is 13.4 Å². The van der Waals surface area contributed by atoms with Gasteiger partial charge in [0.05, 0.1) is 12.7 Å². The second-order valence-corrected chi connectivity index (χ2v) is 3.14. The molecule has 1 aromatic rings. The summed E-state index contributed by atoms with van der Waals surface area (Å²) in [5.74, 6) is 0.631. The average Bonchev–Trinajstić information content (AvgIpc) is 2.04. The van der Waals surface area contributed by atoms with E-state index in [1.165, 1.54) is 0 Å². The van der Waals surface area contributed by atoms with Crippen LogP contribution in [0.4, 0.5) is 0 Å². The first-order valence-corrected chi connectivity index (χ1v) is 4.15. The van der Waals surface area contributed by atoms with E-state index in [1.807, 2.05) is 12.1 Å². The van der Waals surface area contributed by atoms with Crippen molar-refractivity contribution < 1.29 is 9.53 Å². The summed E-state index contributed by atoms with van der Waals surface area (Å²) >= 11 is 2.10. The van der Waals surface area contributed by atoms with Crippen LogP contribution in [0.25, 0.3) is 0 Å². The zero-order valence-corrected chi connectivity index (χ0v) is 8.16. The van der Waals surface area contributed by atoms with Gasteiger partial charge in [-0.2, -0.15) is 0 Å². The van der Waals surface area contributed by atoms with Crippen LogP contribution in [0.3, 0.4) is 0 Å². The molecule has 0 N–H and O–H groups in total. The molecular weight excluding hydrogens is 255 g/mol. The van der Waals surface area contributed by atoms with E-state index in [1.54, 1.807) is 13.2 Å². The molecule has 0 unspecified atom stereocenters. The molecule has 0 bridgehead atoms. The third-order valence-corrected chi connectivity index (χ3v) is 2.29. The van der Waals surface area contributed by atoms with Crippen molar-refractivity contribution in [1.82, 2.24) is 0 Å². The maximum atomic E-state index is 10.5. The summed E-state index contributed by atoms with van der Waals surface area (Å²) < 4.78 is 5.89. The largest absolute Gasteiger partial charge is 0.496 e. The molecule has 0 radical (unpaired) electrons. The van der Waals surface area contributed by atoms with Crippen molar-refractivity contribution in [1.29, 1.82) is 0 Å². The molecule has 0 heterocycles. The van der Waals surface area contributed by atoms with Gasteiger partial charge in [-0.1, -0.05) is 6.07 Å². The fourth-order valence-electron chi connectivity index (χ4n) is 0.810. The summed E-state index contributed by atoms with van der Waals surface area (Å²) in [4.78, 5) is 10.5. The van der Waals surface area contributed by atoms with E-state index in [0.717, 1.165) is 9.86 Å². The van der Waals surface area contributed by atoms with Crippen molar-refractivity contribution in [2.24, 2.45) is 0 Å². The number of carbonyl (C=O) groups excluding carboxylic acids is 1. The normalized spacial score (nSPS) is 9.27. The fraction of sp³-hybridized carbons (Fsp3) is 0.125. The fourth-order valence-corrected chi connectivity index (χ4v) is 1.41. The molecule has 0 saturated heterocycles. The van der Waals surface area contributed by atoms with Crippen molar-refractivity contribution in [3.63, 3.8) is 0 Å². The molecule has 0 aliphatic rings. The van der Waals surface area contributed by atoms with Gasteiger partial charge in [0.25, 0.3) is 0 Å². The van der Waals surface area contributed by atoms with Gasteiger partial charge >= 0.3 is 0 Å².